The molecule has 7 N–H and O–H groups in total. The van der Waals surface area contributed by atoms with Crippen molar-refractivity contribution in [1.29, 1.82) is 0 Å². The van der Waals surface area contributed by atoms with Crippen LogP contribution in [0.5, 0.6) is 5.75 Å². The van der Waals surface area contributed by atoms with Crippen molar-refractivity contribution >= 4 is 22.7 Å². The van der Waals surface area contributed by atoms with E-state index in [1.807, 2.05) is 0 Å². The van der Waals surface area contributed by atoms with Crippen LogP contribution in [0.25, 0.3) is 22.4 Å². The van der Waals surface area contributed by atoms with Crippen molar-refractivity contribution in [3.05, 3.63) is 54.2 Å². The first-order chi connectivity index (χ1) is 22.9. The molecular formula is C30H34F4N8O6. The van der Waals surface area contributed by atoms with E-state index in [1.54, 1.807) is 9.47 Å². The molecule has 4 unspecified atom stereocenters. The number of nitrogens with two attached hydrogens (primary N) is 1. The predicted octanol–water partition coefficient (Wildman–Crippen LogP) is 0.998. The van der Waals surface area contributed by atoms with Gasteiger partial charge in [-0.05, 0) is 30.5 Å². The quantitative estimate of drug-likeness (QED) is 0.137. The van der Waals surface area contributed by atoms with Crippen molar-refractivity contribution in [1.82, 2.24) is 24.5 Å². The summed E-state index contributed by atoms with van der Waals surface area (Å²) in [6.07, 6.45) is -5.84. The van der Waals surface area contributed by atoms with E-state index in [9.17, 15) is 33.6 Å². The van der Waals surface area contributed by atoms with Gasteiger partial charge in [0.2, 0.25) is 0 Å². The van der Waals surface area contributed by atoms with Gasteiger partial charge >= 0.3 is 0 Å². The van der Waals surface area contributed by atoms with E-state index < -0.39 is 54.2 Å². The van der Waals surface area contributed by atoms with E-state index in [-0.39, 0.29) is 54.5 Å². The van der Waals surface area contributed by atoms with Crippen LogP contribution in [-0.4, -0.2) is 114 Å². The first-order valence-corrected chi connectivity index (χ1v) is 15.0. The number of alkyl halides is 2. The molecule has 5 heterocycles. The number of rotatable bonds is 9. The number of fused-ring (bicyclic) bond motifs is 1. The molecule has 18 heteroatoms. The van der Waals surface area contributed by atoms with Crippen molar-refractivity contribution < 1.29 is 47.5 Å². The summed E-state index contributed by atoms with van der Waals surface area (Å²) in [7, 11) is 1.21. The van der Waals surface area contributed by atoms with E-state index >= 15 is 4.39 Å². The number of aromatic nitrogens is 5. The summed E-state index contributed by atoms with van der Waals surface area (Å²) >= 11 is 0. The molecule has 6 atom stereocenters. The number of ether oxygens (including phenoxy) is 2. The minimum atomic E-state index is -3.06. The lowest BCUT2D eigenvalue weighted by molar-refractivity contribution is -0.178. The summed E-state index contributed by atoms with van der Waals surface area (Å²) in [5.74, 6) is -1.73. The Balaban J connectivity index is 1.38. The lowest BCUT2D eigenvalue weighted by atomic mass is 9.84. The number of halogens is 4. The Kier molecular flexibility index (Phi) is 9.38. The number of pyridine rings is 1. The third-order valence-electron chi connectivity index (χ3n) is 8.73. The maximum atomic E-state index is 15.1. The Morgan fingerprint density at radius 1 is 1.10 bits per heavy atom. The molecule has 0 saturated carbocycles. The minimum Gasteiger partial charge on any atom is -0.494 e. The van der Waals surface area contributed by atoms with Gasteiger partial charge in [0.05, 0.1) is 49.7 Å². The lowest BCUT2D eigenvalue weighted by Crippen LogP contribution is -2.63. The molecule has 0 radical (unpaired) electrons. The van der Waals surface area contributed by atoms with Gasteiger partial charge in [-0.1, -0.05) is 0 Å². The van der Waals surface area contributed by atoms with Crippen molar-refractivity contribution in [2.45, 2.75) is 62.0 Å². The van der Waals surface area contributed by atoms with Gasteiger partial charge in [0.15, 0.2) is 34.8 Å². The maximum absolute atomic E-state index is 15.1. The minimum absolute atomic E-state index is 0.0248. The molecule has 48 heavy (non-hydrogen) atoms. The summed E-state index contributed by atoms with van der Waals surface area (Å²) in [6, 6.07) is 3.39. The van der Waals surface area contributed by atoms with Crippen LogP contribution in [0.4, 0.5) is 29.1 Å². The summed E-state index contributed by atoms with van der Waals surface area (Å²) in [4.78, 5) is 19.0. The van der Waals surface area contributed by atoms with Gasteiger partial charge in [-0.15, -0.1) is 0 Å². The molecule has 6 rings (SSSR count). The number of nitrogens with zero attached hydrogens (tertiary/aromatic N) is 6. The number of aliphatic hydroxyl groups excluding tert-OH is 4. The fourth-order valence-electron chi connectivity index (χ4n) is 6.09. The fourth-order valence-corrected chi connectivity index (χ4v) is 6.09. The molecule has 2 aliphatic heterocycles. The maximum Gasteiger partial charge on any atom is 0.265 e. The number of piperidine rings is 1. The first-order valence-electron chi connectivity index (χ1n) is 15.0. The van der Waals surface area contributed by atoms with Gasteiger partial charge in [-0.2, -0.15) is 0 Å². The molecule has 4 aromatic rings. The highest BCUT2D eigenvalue weighted by molar-refractivity contribution is 5.83. The second-order valence-corrected chi connectivity index (χ2v) is 11.9. The predicted molar refractivity (Wildman–Crippen MR) is 162 cm³/mol. The Hall–Kier alpha value is -4.20. The van der Waals surface area contributed by atoms with Crippen molar-refractivity contribution in [3.8, 4) is 17.0 Å². The second-order valence-electron chi connectivity index (χ2n) is 11.9. The Morgan fingerprint density at radius 2 is 1.90 bits per heavy atom. The van der Waals surface area contributed by atoms with Crippen molar-refractivity contribution in [3.63, 3.8) is 0 Å². The van der Waals surface area contributed by atoms with Crippen LogP contribution < -0.4 is 20.7 Å². The molecule has 2 fully saturated rings. The SMILES string of the molecule is COc1cc(F)c(-c2cc(Cn3cnc4c(NC5OCC(O)C(O)C5O)ncnc43)c(N3CCC[C@](N)([C@H](O)C(F)F)C3)cn2)cc1F. The number of aliphatic hydroxyl groups is 4. The average molecular weight is 679 g/mol. The monoisotopic (exact) mass is 678 g/mol. The number of benzene rings is 1. The van der Waals surface area contributed by atoms with Crippen molar-refractivity contribution in [2.75, 3.05) is 37.0 Å². The fraction of sp³-hybridized carbons (Fsp3) is 0.467. The van der Waals surface area contributed by atoms with Gasteiger partial charge < -0.3 is 50.4 Å². The van der Waals surface area contributed by atoms with Crippen LogP contribution in [-0.2, 0) is 11.3 Å². The van der Waals surface area contributed by atoms with E-state index in [4.69, 9.17) is 15.2 Å². The van der Waals surface area contributed by atoms with E-state index in [0.717, 1.165) is 12.1 Å². The van der Waals surface area contributed by atoms with E-state index in [2.05, 4.69) is 25.3 Å². The molecule has 14 nitrogen and oxygen atoms in total. The van der Waals surface area contributed by atoms with E-state index in [0.29, 0.717) is 29.9 Å². The van der Waals surface area contributed by atoms with Gasteiger partial charge in [-0.25, -0.2) is 32.5 Å². The summed E-state index contributed by atoms with van der Waals surface area (Å²) in [6.45, 7) is 0.0409. The molecule has 0 spiro atoms. The number of nitrogens with one attached hydrogen (secondary N) is 1. The third kappa shape index (κ3) is 6.34. The molecule has 258 valence electrons. The average Bonchev–Trinajstić information content (AvgIpc) is 3.48. The van der Waals surface area contributed by atoms with Gasteiger partial charge in [0, 0.05) is 24.7 Å². The molecule has 2 aliphatic rings. The summed E-state index contributed by atoms with van der Waals surface area (Å²) in [5.41, 5.74) is 6.10. The molecule has 0 bridgehead atoms. The highest BCUT2D eigenvalue weighted by Crippen LogP contribution is 2.35. The summed E-state index contributed by atoms with van der Waals surface area (Å²) < 4.78 is 68.9. The van der Waals surface area contributed by atoms with Crippen LogP contribution in [0.2, 0.25) is 0 Å². The number of hydrogen-bond acceptors (Lipinski definition) is 13. The van der Waals surface area contributed by atoms with Crippen LogP contribution in [0.1, 0.15) is 18.4 Å². The molecule has 0 aliphatic carbocycles. The third-order valence-corrected chi connectivity index (χ3v) is 8.73. The largest absolute Gasteiger partial charge is 0.494 e. The Labute approximate surface area is 270 Å². The molecule has 1 aromatic carbocycles. The van der Waals surface area contributed by atoms with Crippen molar-refractivity contribution in [2.24, 2.45) is 5.73 Å². The number of methoxy groups -OCH3 is 1. The number of hydrogen-bond donors (Lipinski definition) is 6. The standard InChI is InChI=1S/C30H34F4N8O6/c1-47-21-7-16(31)15(6-17(21)32)18-5-14(19(8-36-18)41-4-2-3-30(35,11-41)25(46)26(33)34)9-42-13-39-22-27(37-12-38-28(22)42)40-29-24(45)23(44)20(43)10-48-29/h5-8,12-13,20,23-26,29,43-46H,2-4,9-11,35H2,1H3,(H,37,38,40)/t20?,23?,24?,25-,29?,30-/m1/s1. The van der Waals surface area contributed by atoms with Gasteiger partial charge in [0.25, 0.3) is 6.43 Å². The Morgan fingerprint density at radius 3 is 2.65 bits per heavy atom. The number of anilines is 2. The molecular weight excluding hydrogens is 644 g/mol. The van der Waals surface area contributed by atoms with Crippen LogP contribution in [0, 0.1) is 11.6 Å². The van der Waals surface area contributed by atoms with E-state index in [1.165, 1.54) is 32.0 Å². The molecule has 3 aromatic heterocycles. The highest BCUT2D eigenvalue weighted by Gasteiger charge is 2.43. The smallest absolute Gasteiger partial charge is 0.265 e. The first kappa shape index (κ1) is 33.7. The van der Waals surface area contributed by atoms with Gasteiger partial charge in [0.1, 0.15) is 36.6 Å². The second kappa shape index (κ2) is 13.4. The zero-order chi connectivity index (χ0) is 34.3. The Bertz CT molecular complexity index is 1780. The van der Waals surface area contributed by atoms with Gasteiger partial charge in [-0.3, -0.25) is 4.98 Å². The van der Waals surface area contributed by atoms with Crippen LogP contribution >= 0.6 is 0 Å². The molecule has 2 saturated heterocycles. The topological polar surface area (TPSA) is 197 Å². The zero-order valence-corrected chi connectivity index (χ0v) is 25.5. The highest BCUT2D eigenvalue weighted by atomic mass is 19.3. The zero-order valence-electron chi connectivity index (χ0n) is 25.5. The summed E-state index contributed by atoms with van der Waals surface area (Å²) in [5, 5.41) is 43.4. The lowest BCUT2D eigenvalue weighted by Gasteiger charge is -2.44. The normalized spacial score (nSPS) is 25.4. The molecule has 0 amide bonds. The van der Waals surface area contributed by atoms with Crippen LogP contribution in [0.3, 0.4) is 0 Å². The number of imidazole rings is 1. The van der Waals surface area contributed by atoms with Crippen LogP contribution in [0.15, 0.2) is 37.1 Å².